The van der Waals surface area contributed by atoms with E-state index in [-0.39, 0.29) is 25.8 Å². The molecule has 39 heavy (non-hydrogen) atoms. The number of allylic oxidation sites excluding steroid dienone is 4. The molecule has 0 aromatic rings. The summed E-state index contributed by atoms with van der Waals surface area (Å²) < 4.78 is 10.8. The average Bonchev–Trinajstić information content (AvgIpc) is 2.87. The lowest BCUT2D eigenvalue weighted by Crippen LogP contribution is -2.50. The molecule has 0 saturated heterocycles. The van der Waals surface area contributed by atoms with Gasteiger partial charge in [0.1, 0.15) is 12.7 Å². The Balaban J connectivity index is 3.51. The van der Waals surface area contributed by atoms with E-state index < -0.39 is 18.1 Å². The number of hydrogen-bond donors (Lipinski definition) is 2. The molecule has 228 valence electrons. The van der Waals surface area contributed by atoms with Crippen molar-refractivity contribution in [1.29, 1.82) is 0 Å². The minimum absolute atomic E-state index is 0.0185. The summed E-state index contributed by atoms with van der Waals surface area (Å²) in [5.41, 5.74) is 0. The Kier molecular flexibility index (Phi) is 24.2. The maximum absolute atomic E-state index is 11.9. The highest BCUT2D eigenvalue weighted by atomic mass is 16.5. The summed E-state index contributed by atoms with van der Waals surface area (Å²) in [6.45, 7) is 2.39. The van der Waals surface area contributed by atoms with Crippen molar-refractivity contribution in [2.24, 2.45) is 0 Å². The molecule has 2 N–H and O–H groups in total. The van der Waals surface area contributed by atoms with Crippen LogP contribution in [0.2, 0.25) is 0 Å². The van der Waals surface area contributed by atoms with Crippen LogP contribution in [0.5, 0.6) is 0 Å². The van der Waals surface area contributed by atoms with Crippen molar-refractivity contribution < 1.29 is 33.8 Å². The Bertz CT molecular complexity index is 656. The number of aliphatic hydroxyl groups excluding tert-OH is 1. The van der Waals surface area contributed by atoms with Crippen molar-refractivity contribution in [3.63, 3.8) is 0 Å². The van der Waals surface area contributed by atoms with Gasteiger partial charge in [-0.05, 0) is 32.1 Å². The lowest BCUT2D eigenvalue weighted by Gasteiger charge is -2.31. The molecular weight excluding hydrogens is 494 g/mol. The summed E-state index contributed by atoms with van der Waals surface area (Å²) in [4.78, 5) is 23.2. The maximum atomic E-state index is 11.9. The summed E-state index contributed by atoms with van der Waals surface area (Å²) in [5.74, 6) is -1.16. The number of aliphatic carboxylic acids is 1. The number of aliphatic hydroxyl groups is 1. The highest BCUT2D eigenvalue weighted by Gasteiger charge is 2.30. The van der Waals surface area contributed by atoms with E-state index in [1.807, 2.05) is 21.1 Å². The highest BCUT2D eigenvalue weighted by molar-refractivity contribution is 5.72. The standard InChI is InChI=1S/C32H59NO6/c1-5-6-7-8-9-10-11-12-13-14-15-16-17-18-19-20-21-22-23-24-31(35)39-28-29(34)27-38-26-25-30(32(36)37)33(2,3)4/h9-12,29-30,34H,5-8,13-28H2,1-4H3/p+1/b10-9+,12-11+. The molecule has 0 rings (SSSR count). The van der Waals surface area contributed by atoms with E-state index in [0.29, 0.717) is 17.3 Å². The van der Waals surface area contributed by atoms with Crippen LogP contribution in [-0.2, 0) is 19.1 Å². The number of quaternary nitrogens is 1. The van der Waals surface area contributed by atoms with Gasteiger partial charge in [0.05, 0.1) is 34.4 Å². The molecule has 0 bridgehead atoms. The van der Waals surface area contributed by atoms with Gasteiger partial charge in [-0.1, -0.05) is 95.4 Å². The average molecular weight is 555 g/mol. The van der Waals surface area contributed by atoms with Crippen molar-refractivity contribution in [1.82, 2.24) is 0 Å². The van der Waals surface area contributed by atoms with Crippen LogP contribution in [0.4, 0.5) is 0 Å². The van der Waals surface area contributed by atoms with Crippen molar-refractivity contribution in [2.45, 2.75) is 128 Å². The van der Waals surface area contributed by atoms with Crippen LogP contribution >= 0.6 is 0 Å². The second-order valence-corrected chi connectivity index (χ2v) is 11.6. The van der Waals surface area contributed by atoms with E-state index in [0.717, 1.165) is 19.3 Å². The second kappa shape index (κ2) is 25.3. The fourth-order valence-electron chi connectivity index (χ4n) is 4.37. The van der Waals surface area contributed by atoms with Gasteiger partial charge in [0, 0.05) is 12.8 Å². The molecule has 7 nitrogen and oxygen atoms in total. The van der Waals surface area contributed by atoms with Crippen LogP contribution in [0.25, 0.3) is 0 Å². The van der Waals surface area contributed by atoms with Crippen LogP contribution in [0.3, 0.4) is 0 Å². The number of likely N-dealkylation sites (N-methyl/N-ethyl adjacent to an activating group) is 1. The molecule has 0 aliphatic rings. The Hall–Kier alpha value is -1.70. The van der Waals surface area contributed by atoms with Gasteiger partial charge in [-0.15, -0.1) is 0 Å². The SMILES string of the molecule is CCCCC/C=C/C=C/CCCCCCCCCCCCC(=O)OCC(O)COCCC(C(=O)O)[N+](C)(C)C. The molecule has 0 aromatic carbocycles. The minimum atomic E-state index is -0.903. The topological polar surface area (TPSA) is 93.1 Å². The first-order valence-electron chi connectivity index (χ1n) is 15.5. The fraction of sp³-hybridized carbons (Fsp3) is 0.812. The van der Waals surface area contributed by atoms with Gasteiger partial charge >= 0.3 is 11.9 Å². The molecule has 0 fully saturated rings. The van der Waals surface area contributed by atoms with Crippen LogP contribution in [0.15, 0.2) is 24.3 Å². The molecule has 0 aliphatic heterocycles. The van der Waals surface area contributed by atoms with Gasteiger partial charge in [-0.2, -0.15) is 0 Å². The van der Waals surface area contributed by atoms with E-state index in [9.17, 15) is 19.8 Å². The van der Waals surface area contributed by atoms with Crippen molar-refractivity contribution >= 4 is 11.9 Å². The fourth-order valence-corrected chi connectivity index (χ4v) is 4.37. The first kappa shape index (κ1) is 37.3. The molecule has 0 saturated carbocycles. The summed E-state index contributed by atoms with van der Waals surface area (Å²) in [6, 6.07) is -0.574. The number of carbonyl (C=O) groups excluding carboxylic acids is 1. The van der Waals surface area contributed by atoms with E-state index in [1.54, 1.807) is 0 Å². The number of ether oxygens (including phenoxy) is 2. The Labute approximate surface area is 239 Å². The molecule has 0 spiro atoms. The largest absolute Gasteiger partial charge is 0.477 e. The zero-order chi connectivity index (χ0) is 29.2. The highest BCUT2D eigenvalue weighted by Crippen LogP contribution is 2.13. The number of carboxylic acids is 1. The van der Waals surface area contributed by atoms with Crippen LogP contribution in [-0.4, -0.2) is 79.7 Å². The molecule has 2 atom stereocenters. The second-order valence-electron chi connectivity index (χ2n) is 11.6. The first-order chi connectivity index (χ1) is 18.7. The zero-order valence-corrected chi connectivity index (χ0v) is 25.6. The van der Waals surface area contributed by atoms with Gasteiger partial charge in [-0.3, -0.25) is 4.79 Å². The molecule has 2 unspecified atom stereocenters. The third-order valence-electron chi connectivity index (χ3n) is 6.86. The van der Waals surface area contributed by atoms with Crippen molar-refractivity contribution in [3.8, 4) is 0 Å². The maximum Gasteiger partial charge on any atom is 0.362 e. The Morgan fingerprint density at radius 1 is 0.769 bits per heavy atom. The number of carboxylic acid groups (broad SMARTS) is 1. The quantitative estimate of drug-likeness (QED) is 0.0500. The number of carbonyl (C=O) groups is 2. The Morgan fingerprint density at radius 2 is 1.28 bits per heavy atom. The molecule has 0 radical (unpaired) electrons. The minimum Gasteiger partial charge on any atom is -0.477 e. The predicted octanol–water partition coefficient (Wildman–Crippen LogP) is 6.83. The summed E-state index contributed by atoms with van der Waals surface area (Å²) in [6.07, 6.45) is 27.1. The van der Waals surface area contributed by atoms with E-state index >= 15 is 0 Å². The van der Waals surface area contributed by atoms with Gasteiger partial charge in [0.15, 0.2) is 6.04 Å². The predicted molar refractivity (Wildman–Crippen MR) is 160 cm³/mol. The van der Waals surface area contributed by atoms with E-state index in [4.69, 9.17) is 9.47 Å². The van der Waals surface area contributed by atoms with Crippen LogP contribution in [0, 0.1) is 0 Å². The number of esters is 1. The van der Waals surface area contributed by atoms with Gasteiger partial charge < -0.3 is 24.2 Å². The summed E-state index contributed by atoms with van der Waals surface area (Å²) in [7, 11) is 5.47. The lowest BCUT2D eigenvalue weighted by atomic mass is 10.1. The van der Waals surface area contributed by atoms with Crippen LogP contribution < -0.4 is 0 Å². The van der Waals surface area contributed by atoms with E-state index in [2.05, 4.69) is 31.2 Å². The Morgan fingerprint density at radius 3 is 1.79 bits per heavy atom. The molecule has 7 heteroatoms. The number of hydrogen-bond acceptors (Lipinski definition) is 5. The number of rotatable bonds is 27. The van der Waals surface area contributed by atoms with Crippen LogP contribution in [0.1, 0.15) is 116 Å². The van der Waals surface area contributed by atoms with Gasteiger partial charge in [0.25, 0.3) is 0 Å². The summed E-state index contributed by atoms with van der Waals surface area (Å²) in [5, 5.41) is 19.2. The first-order valence-corrected chi connectivity index (χ1v) is 15.5. The summed E-state index contributed by atoms with van der Waals surface area (Å²) >= 11 is 0. The lowest BCUT2D eigenvalue weighted by molar-refractivity contribution is -0.887. The third kappa shape index (κ3) is 25.0. The zero-order valence-electron chi connectivity index (χ0n) is 25.6. The monoisotopic (exact) mass is 554 g/mol. The molecule has 0 amide bonds. The molecule has 0 aliphatic carbocycles. The third-order valence-corrected chi connectivity index (χ3v) is 6.86. The smallest absolute Gasteiger partial charge is 0.362 e. The normalized spacial score (nSPS) is 13.8. The molecule has 0 aromatic heterocycles. The van der Waals surface area contributed by atoms with E-state index in [1.165, 1.54) is 77.0 Å². The van der Waals surface area contributed by atoms with Crippen molar-refractivity contribution in [3.05, 3.63) is 24.3 Å². The number of nitrogens with zero attached hydrogens (tertiary/aromatic N) is 1. The van der Waals surface area contributed by atoms with Gasteiger partial charge in [-0.25, -0.2) is 4.79 Å². The van der Waals surface area contributed by atoms with Gasteiger partial charge in [0.2, 0.25) is 0 Å². The van der Waals surface area contributed by atoms with Crippen molar-refractivity contribution in [2.75, 3.05) is 41.0 Å². The number of unbranched alkanes of at least 4 members (excludes halogenated alkanes) is 13. The molecule has 0 heterocycles. The molecular formula is C32H60NO6+.